The van der Waals surface area contributed by atoms with Gasteiger partial charge in [0.05, 0.1) is 16.2 Å². The summed E-state index contributed by atoms with van der Waals surface area (Å²) < 4.78 is 0. The van der Waals surface area contributed by atoms with Crippen LogP contribution in [0.3, 0.4) is 0 Å². The normalized spacial score (nSPS) is 13.5. The SMILES string of the molecule is CC(C)(C)NC(=O)c1cccc(N2C(=O)c3cccc([N+](=O)[O-])c3C2=O)c1. The van der Waals surface area contributed by atoms with Crippen LogP contribution in [0.25, 0.3) is 0 Å². The largest absolute Gasteiger partial charge is 0.347 e. The van der Waals surface area contributed by atoms with Crippen LogP contribution >= 0.6 is 0 Å². The number of imide groups is 1. The maximum absolute atomic E-state index is 12.7. The molecule has 0 aromatic heterocycles. The fourth-order valence-electron chi connectivity index (χ4n) is 2.85. The predicted octanol–water partition coefficient (Wildman–Crippen LogP) is 2.92. The van der Waals surface area contributed by atoms with Crippen LogP contribution in [0, 0.1) is 10.1 Å². The van der Waals surface area contributed by atoms with Gasteiger partial charge in [-0.3, -0.25) is 24.5 Å². The quantitative estimate of drug-likeness (QED) is 0.509. The van der Waals surface area contributed by atoms with E-state index in [0.29, 0.717) is 0 Å². The molecular formula is C19H17N3O5. The van der Waals surface area contributed by atoms with Gasteiger partial charge in [-0.2, -0.15) is 0 Å². The van der Waals surface area contributed by atoms with Crippen LogP contribution in [-0.2, 0) is 0 Å². The fraction of sp³-hybridized carbons (Fsp3) is 0.211. The molecule has 0 saturated heterocycles. The highest BCUT2D eigenvalue weighted by atomic mass is 16.6. The molecule has 0 fully saturated rings. The van der Waals surface area contributed by atoms with E-state index in [0.717, 1.165) is 4.90 Å². The molecule has 0 unspecified atom stereocenters. The van der Waals surface area contributed by atoms with Crippen LogP contribution in [0.2, 0.25) is 0 Å². The zero-order valence-corrected chi connectivity index (χ0v) is 15.0. The number of rotatable bonds is 3. The number of anilines is 1. The van der Waals surface area contributed by atoms with Crippen molar-refractivity contribution in [3.63, 3.8) is 0 Å². The summed E-state index contributed by atoms with van der Waals surface area (Å²) in [6.07, 6.45) is 0. The van der Waals surface area contributed by atoms with Crippen LogP contribution in [0.15, 0.2) is 42.5 Å². The van der Waals surface area contributed by atoms with Gasteiger partial charge in [-0.05, 0) is 45.0 Å². The van der Waals surface area contributed by atoms with Gasteiger partial charge >= 0.3 is 0 Å². The Hall–Kier alpha value is -3.55. The monoisotopic (exact) mass is 367 g/mol. The number of carbonyl (C=O) groups excluding carboxylic acids is 3. The highest BCUT2D eigenvalue weighted by molar-refractivity contribution is 6.35. The number of nitro groups is 1. The molecule has 0 aliphatic carbocycles. The second-order valence-electron chi connectivity index (χ2n) is 7.16. The number of hydrogen-bond acceptors (Lipinski definition) is 5. The van der Waals surface area contributed by atoms with Gasteiger partial charge < -0.3 is 5.32 Å². The first-order valence-corrected chi connectivity index (χ1v) is 8.19. The minimum absolute atomic E-state index is 0.0289. The number of hydrogen-bond donors (Lipinski definition) is 1. The predicted molar refractivity (Wildman–Crippen MR) is 97.9 cm³/mol. The number of fused-ring (bicyclic) bond motifs is 1. The minimum atomic E-state index is -0.782. The van der Waals surface area contributed by atoms with Gasteiger partial charge in [0, 0.05) is 17.2 Å². The van der Waals surface area contributed by atoms with Crippen molar-refractivity contribution in [3.05, 3.63) is 69.3 Å². The molecule has 0 saturated carbocycles. The highest BCUT2D eigenvalue weighted by Gasteiger charge is 2.41. The molecule has 8 heteroatoms. The van der Waals surface area contributed by atoms with E-state index in [9.17, 15) is 24.5 Å². The maximum Gasteiger partial charge on any atom is 0.283 e. The first-order chi connectivity index (χ1) is 12.6. The molecule has 2 aromatic rings. The lowest BCUT2D eigenvalue weighted by molar-refractivity contribution is -0.385. The van der Waals surface area contributed by atoms with Crippen molar-refractivity contribution in [2.75, 3.05) is 4.90 Å². The number of carbonyl (C=O) groups is 3. The Balaban J connectivity index is 2.01. The number of nitro benzene ring substituents is 1. The zero-order chi connectivity index (χ0) is 19.9. The van der Waals surface area contributed by atoms with E-state index in [1.807, 2.05) is 20.8 Å². The van der Waals surface area contributed by atoms with Crippen molar-refractivity contribution < 1.29 is 19.3 Å². The molecule has 2 aromatic carbocycles. The third-order valence-corrected chi connectivity index (χ3v) is 3.94. The molecule has 1 heterocycles. The molecule has 27 heavy (non-hydrogen) atoms. The van der Waals surface area contributed by atoms with Crippen molar-refractivity contribution in [2.24, 2.45) is 0 Å². The Morgan fingerprint density at radius 1 is 1.07 bits per heavy atom. The number of benzene rings is 2. The second-order valence-corrected chi connectivity index (χ2v) is 7.16. The minimum Gasteiger partial charge on any atom is -0.347 e. The van der Waals surface area contributed by atoms with Gasteiger partial charge in [0.1, 0.15) is 5.56 Å². The first kappa shape index (κ1) is 18.2. The van der Waals surface area contributed by atoms with Crippen LogP contribution in [0.5, 0.6) is 0 Å². The summed E-state index contributed by atoms with van der Waals surface area (Å²) in [7, 11) is 0. The lowest BCUT2D eigenvalue weighted by Crippen LogP contribution is -2.40. The number of nitrogens with zero attached hydrogens (tertiary/aromatic N) is 2. The van der Waals surface area contributed by atoms with Gasteiger partial charge in [-0.15, -0.1) is 0 Å². The molecule has 0 spiro atoms. The number of amides is 3. The van der Waals surface area contributed by atoms with Crippen LogP contribution in [-0.4, -0.2) is 28.2 Å². The van der Waals surface area contributed by atoms with Gasteiger partial charge in [0.2, 0.25) is 0 Å². The average Bonchev–Trinajstić information content (AvgIpc) is 2.84. The lowest BCUT2D eigenvalue weighted by atomic mass is 10.1. The molecule has 1 aliphatic heterocycles. The van der Waals surface area contributed by atoms with Crippen molar-refractivity contribution >= 4 is 29.1 Å². The molecule has 1 aliphatic rings. The van der Waals surface area contributed by atoms with E-state index in [4.69, 9.17) is 0 Å². The van der Waals surface area contributed by atoms with E-state index >= 15 is 0 Å². The molecule has 8 nitrogen and oxygen atoms in total. The summed E-state index contributed by atoms with van der Waals surface area (Å²) in [4.78, 5) is 49.1. The van der Waals surface area contributed by atoms with Crippen molar-refractivity contribution in [2.45, 2.75) is 26.3 Å². The van der Waals surface area contributed by atoms with E-state index in [1.165, 1.54) is 30.3 Å². The summed E-state index contributed by atoms with van der Waals surface area (Å²) in [5, 5.41) is 14.0. The van der Waals surface area contributed by atoms with Crippen molar-refractivity contribution in [3.8, 4) is 0 Å². The van der Waals surface area contributed by atoms with Crippen LogP contribution in [0.4, 0.5) is 11.4 Å². The molecule has 0 bridgehead atoms. The fourth-order valence-corrected chi connectivity index (χ4v) is 2.85. The van der Waals surface area contributed by atoms with E-state index < -0.39 is 28.0 Å². The second kappa shape index (κ2) is 6.31. The summed E-state index contributed by atoms with van der Waals surface area (Å²) in [5.41, 5.74) is -0.695. The maximum atomic E-state index is 12.7. The van der Waals surface area contributed by atoms with Crippen molar-refractivity contribution in [1.29, 1.82) is 0 Å². The Morgan fingerprint density at radius 2 is 1.74 bits per heavy atom. The molecule has 1 N–H and O–H groups in total. The van der Waals surface area contributed by atoms with Gasteiger partial charge in [-0.1, -0.05) is 12.1 Å². The first-order valence-electron chi connectivity index (χ1n) is 8.19. The molecule has 138 valence electrons. The highest BCUT2D eigenvalue weighted by Crippen LogP contribution is 2.34. The Kier molecular flexibility index (Phi) is 4.27. The summed E-state index contributed by atoms with van der Waals surface area (Å²) in [5.74, 6) is -1.80. The topological polar surface area (TPSA) is 110 Å². The van der Waals surface area contributed by atoms with Gasteiger partial charge in [-0.25, -0.2) is 4.90 Å². The molecular weight excluding hydrogens is 350 g/mol. The summed E-state index contributed by atoms with van der Waals surface area (Å²) in [6.45, 7) is 5.49. The van der Waals surface area contributed by atoms with Gasteiger partial charge in [0.25, 0.3) is 23.4 Å². The van der Waals surface area contributed by atoms with Crippen LogP contribution < -0.4 is 10.2 Å². The summed E-state index contributed by atoms with van der Waals surface area (Å²) in [6, 6.07) is 9.93. The van der Waals surface area contributed by atoms with Gasteiger partial charge in [0.15, 0.2) is 0 Å². The standard InChI is InChI=1S/C19H17N3O5/c1-19(2,3)20-16(23)11-6-4-7-12(10-11)21-17(24)13-8-5-9-14(22(26)27)15(13)18(21)25/h4-10H,1-3H3,(H,20,23). The zero-order valence-electron chi connectivity index (χ0n) is 15.0. The van der Waals surface area contributed by atoms with Crippen LogP contribution in [0.1, 0.15) is 51.8 Å². The number of nitrogens with one attached hydrogen (secondary N) is 1. The Bertz CT molecular complexity index is 991. The molecule has 0 radical (unpaired) electrons. The average molecular weight is 367 g/mol. The summed E-state index contributed by atoms with van der Waals surface area (Å²) >= 11 is 0. The smallest absolute Gasteiger partial charge is 0.283 e. The van der Waals surface area contributed by atoms with E-state index in [2.05, 4.69) is 5.32 Å². The Labute approximate surface area is 154 Å². The molecule has 0 atom stereocenters. The molecule has 3 rings (SSSR count). The van der Waals surface area contributed by atoms with E-state index in [1.54, 1.807) is 12.1 Å². The third kappa shape index (κ3) is 3.29. The van der Waals surface area contributed by atoms with E-state index in [-0.39, 0.29) is 28.3 Å². The molecule has 3 amide bonds. The third-order valence-electron chi connectivity index (χ3n) is 3.94. The van der Waals surface area contributed by atoms with Crippen molar-refractivity contribution in [1.82, 2.24) is 5.32 Å². The lowest BCUT2D eigenvalue weighted by Gasteiger charge is -2.21. The Morgan fingerprint density at radius 3 is 2.37 bits per heavy atom.